The summed E-state index contributed by atoms with van der Waals surface area (Å²) in [6, 6.07) is 21.9. The highest BCUT2D eigenvalue weighted by Crippen LogP contribution is 2.43. The number of rotatable bonds is 8. The Hall–Kier alpha value is -4.70. The monoisotopic (exact) mass is 696 g/mol. The number of benzene rings is 4. The van der Waals surface area contributed by atoms with Gasteiger partial charge < -0.3 is 24.5 Å². The lowest BCUT2D eigenvalue weighted by Crippen LogP contribution is -2.13. The minimum atomic E-state index is -1.01. The zero-order valence-electron chi connectivity index (χ0n) is 28.9. The standard InChI is InChI=1S/C36H31ClFN3O4.C4H11N/c1-21-32-30(40(2)39-21)20-44-19-24-8-4-3-7-23(24)18-41-34-28(14-15-29(37)33(32)34)27(35(41)36(42)43)10-6-16-45-31-11-5-9-22-17-25(38)12-13-26(22)31;1-3-5-4-2/h3-5,7-9,11-15,17H,6,10,16,18-20H2,1-2H3,(H,42,43);5H,3-4H2,1-2H3. The maximum absolute atomic E-state index is 13.8. The first-order chi connectivity index (χ1) is 24.2. The summed E-state index contributed by atoms with van der Waals surface area (Å²) in [6.45, 7) is 9.72. The summed E-state index contributed by atoms with van der Waals surface area (Å²) in [4.78, 5) is 13.1. The Morgan fingerprint density at radius 2 is 1.76 bits per heavy atom. The summed E-state index contributed by atoms with van der Waals surface area (Å²) in [7, 11) is 1.89. The first-order valence-electron chi connectivity index (χ1n) is 17.0. The maximum atomic E-state index is 13.8. The fourth-order valence-electron chi connectivity index (χ4n) is 6.90. The second-order valence-corrected chi connectivity index (χ2v) is 12.8. The van der Waals surface area contributed by atoms with E-state index in [1.54, 1.807) is 6.07 Å². The first kappa shape index (κ1) is 35.1. The van der Waals surface area contributed by atoms with Gasteiger partial charge in [-0.15, -0.1) is 0 Å². The molecule has 0 bridgehead atoms. The fourth-order valence-corrected chi connectivity index (χ4v) is 7.14. The van der Waals surface area contributed by atoms with Gasteiger partial charge in [-0.25, -0.2) is 9.18 Å². The van der Waals surface area contributed by atoms with Crippen molar-refractivity contribution in [3.63, 3.8) is 0 Å². The molecule has 8 nitrogen and oxygen atoms in total. The van der Waals surface area contributed by atoms with Crippen LogP contribution in [0.1, 0.15) is 58.8 Å². The Morgan fingerprint density at radius 3 is 2.50 bits per heavy atom. The number of carboxylic acids is 1. The van der Waals surface area contributed by atoms with Crippen LogP contribution in [0.3, 0.4) is 0 Å². The van der Waals surface area contributed by atoms with E-state index in [1.807, 2.05) is 77.8 Å². The Morgan fingerprint density at radius 1 is 1.00 bits per heavy atom. The molecule has 0 aliphatic carbocycles. The van der Waals surface area contributed by atoms with Crippen molar-refractivity contribution in [2.24, 2.45) is 7.05 Å². The van der Waals surface area contributed by atoms with Gasteiger partial charge in [-0.2, -0.15) is 5.10 Å². The highest BCUT2D eigenvalue weighted by Gasteiger charge is 2.29. The van der Waals surface area contributed by atoms with Gasteiger partial charge in [-0.05, 0) is 85.3 Å². The first-order valence-corrected chi connectivity index (χ1v) is 17.4. The SMILES string of the molecule is CCNCC.Cc1nn(C)c2c1-c1c(Cl)ccc3c(CCCOc4cccc5cc(F)ccc45)c(C(=O)O)n(c13)Cc1ccccc1COC2. The number of aromatic carboxylic acids is 1. The van der Waals surface area contributed by atoms with Gasteiger partial charge in [0, 0.05) is 35.5 Å². The minimum Gasteiger partial charge on any atom is -0.493 e. The van der Waals surface area contributed by atoms with E-state index >= 15 is 0 Å². The summed E-state index contributed by atoms with van der Waals surface area (Å²) in [5.41, 5.74) is 6.97. The average molecular weight is 697 g/mol. The molecule has 2 aromatic heterocycles. The lowest BCUT2D eigenvalue weighted by atomic mass is 9.98. The van der Waals surface area contributed by atoms with Crippen LogP contribution in [0.25, 0.3) is 32.8 Å². The molecule has 6 aromatic rings. The molecule has 0 atom stereocenters. The number of fused-ring (bicyclic) bond motifs is 4. The molecule has 0 radical (unpaired) electrons. The number of nitrogens with one attached hydrogen (secondary N) is 1. The van der Waals surface area contributed by atoms with E-state index in [0.717, 1.165) is 74.0 Å². The number of carbonyl (C=O) groups is 1. The Labute approximate surface area is 296 Å². The van der Waals surface area contributed by atoms with Gasteiger partial charge in [0.05, 0.1) is 41.7 Å². The summed E-state index contributed by atoms with van der Waals surface area (Å²) < 4.78 is 29.8. The van der Waals surface area contributed by atoms with Gasteiger partial charge in [0.1, 0.15) is 17.3 Å². The minimum absolute atomic E-state index is 0.229. The third-order valence-electron chi connectivity index (χ3n) is 9.15. The summed E-state index contributed by atoms with van der Waals surface area (Å²) in [5, 5.41) is 21.5. The van der Waals surface area contributed by atoms with Crippen molar-refractivity contribution in [3.8, 4) is 16.9 Å². The molecule has 2 N–H and O–H groups in total. The quantitative estimate of drug-likeness (QED) is 0.155. The zero-order valence-corrected chi connectivity index (χ0v) is 29.6. The van der Waals surface area contributed by atoms with Crippen molar-refractivity contribution in [1.29, 1.82) is 0 Å². The van der Waals surface area contributed by atoms with E-state index in [4.69, 9.17) is 26.2 Å². The van der Waals surface area contributed by atoms with Crippen molar-refractivity contribution in [3.05, 3.63) is 117 Å². The second-order valence-electron chi connectivity index (χ2n) is 12.4. The molecule has 260 valence electrons. The third kappa shape index (κ3) is 6.99. The van der Waals surface area contributed by atoms with Crippen LogP contribution < -0.4 is 10.1 Å². The Bertz CT molecular complexity index is 2170. The maximum Gasteiger partial charge on any atom is 0.352 e. The number of aryl methyl sites for hydroxylation is 3. The zero-order chi connectivity index (χ0) is 35.4. The molecule has 1 aliphatic rings. The lowest BCUT2D eigenvalue weighted by Gasteiger charge is -2.15. The number of halogens is 2. The van der Waals surface area contributed by atoms with E-state index in [0.29, 0.717) is 50.0 Å². The van der Waals surface area contributed by atoms with E-state index in [1.165, 1.54) is 12.1 Å². The number of carboxylic acid groups (broad SMARTS) is 1. The van der Waals surface area contributed by atoms with Crippen molar-refractivity contribution in [2.75, 3.05) is 19.7 Å². The largest absolute Gasteiger partial charge is 0.493 e. The average Bonchev–Trinajstić information content (AvgIpc) is 3.54. The van der Waals surface area contributed by atoms with Crippen LogP contribution >= 0.6 is 11.6 Å². The molecule has 0 fully saturated rings. The van der Waals surface area contributed by atoms with E-state index in [2.05, 4.69) is 19.2 Å². The van der Waals surface area contributed by atoms with Crippen LogP contribution in [0, 0.1) is 12.7 Å². The number of aromatic nitrogens is 3. The molecule has 0 unspecified atom stereocenters. The van der Waals surface area contributed by atoms with E-state index in [9.17, 15) is 14.3 Å². The second kappa shape index (κ2) is 15.5. The molecule has 0 amide bonds. The van der Waals surface area contributed by atoms with Crippen molar-refractivity contribution < 1.29 is 23.8 Å². The van der Waals surface area contributed by atoms with Crippen LogP contribution in [-0.2, 0) is 38.0 Å². The molecule has 10 heteroatoms. The molecule has 0 saturated carbocycles. The number of ether oxygens (including phenoxy) is 2. The summed E-state index contributed by atoms with van der Waals surface area (Å²) >= 11 is 6.99. The lowest BCUT2D eigenvalue weighted by molar-refractivity contribution is 0.0684. The smallest absolute Gasteiger partial charge is 0.352 e. The molecule has 0 saturated heterocycles. The van der Waals surface area contributed by atoms with E-state index < -0.39 is 5.97 Å². The molecule has 4 aromatic carbocycles. The topological polar surface area (TPSA) is 90.5 Å². The van der Waals surface area contributed by atoms with Crippen molar-refractivity contribution in [1.82, 2.24) is 19.7 Å². The van der Waals surface area contributed by atoms with Crippen molar-refractivity contribution >= 4 is 39.2 Å². The molecule has 7 rings (SSSR count). The third-order valence-corrected chi connectivity index (χ3v) is 9.46. The molecular formula is C40H42ClFN4O4. The van der Waals surface area contributed by atoms with Crippen LogP contribution in [0.2, 0.25) is 5.02 Å². The Balaban J connectivity index is 0.000000808. The summed E-state index contributed by atoms with van der Waals surface area (Å²) in [6.07, 6.45) is 1.03. The molecular weight excluding hydrogens is 655 g/mol. The number of hydrogen-bond acceptors (Lipinski definition) is 5. The van der Waals surface area contributed by atoms with Gasteiger partial charge in [0.2, 0.25) is 0 Å². The van der Waals surface area contributed by atoms with Crippen LogP contribution in [-0.4, -0.2) is 45.1 Å². The van der Waals surface area contributed by atoms with Gasteiger partial charge in [-0.3, -0.25) is 4.68 Å². The van der Waals surface area contributed by atoms with Crippen molar-refractivity contribution in [2.45, 2.75) is 53.4 Å². The normalized spacial score (nSPS) is 12.5. The van der Waals surface area contributed by atoms with E-state index in [-0.39, 0.29) is 11.5 Å². The molecule has 50 heavy (non-hydrogen) atoms. The Kier molecular flexibility index (Phi) is 10.9. The fraction of sp³-hybridized carbons (Fsp3) is 0.300. The molecule has 3 heterocycles. The van der Waals surface area contributed by atoms with Crippen LogP contribution in [0.15, 0.2) is 72.8 Å². The van der Waals surface area contributed by atoms with Gasteiger partial charge in [0.25, 0.3) is 0 Å². The van der Waals surface area contributed by atoms with Crippen LogP contribution in [0.5, 0.6) is 5.75 Å². The number of hydrogen-bond donors (Lipinski definition) is 2. The van der Waals surface area contributed by atoms with Crippen LogP contribution in [0.4, 0.5) is 4.39 Å². The predicted molar refractivity (Wildman–Crippen MR) is 197 cm³/mol. The van der Waals surface area contributed by atoms with Gasteiger partial charge in [0.15, 0.2) is 0 Å². The highest BCUT2D eigenvalue weighted by atomic mass is 35.5. The predicted octanol–water partition coefficient (Wildman–Crippen LogP) is 8.70. The van der Waals surface area contributed by atoms with Gasteiger partial charge >= 0.3 is 5.97 Å². The number of nitrogens with zero attached hydrogens (tertiary/aromatic N) is 3. The molecule has 1 aliphatic heterocycles. The molecule has 0 spiro atoms. The summed E-state index contributed by atoms with van der Waals surface area (Å²) in [5.74, 6) is -0.645. The van der Waals surface area contributed by atoms with Gasteiger partial charge in [-0.1, -0.05) is 67.9 Å². The highest BCUT2D eigenvalue weighted by molar-refractivity contribution is 6.35.